The predicted octanol–water partition coefficient (Wildman–Crippen LogP) is 4.49. The molecule has 1 aromatic carbocycles. The molecule has 0 unspecified atom stereocenters. The number of pyridine rings is 1. The summed E-state index contributed by atoms with van der Waals surface area (Å²) in [6.07, 6.45) is 8.34. The van der Waals surface area contributed by atoms with Gasteiger partial charge in [-0.3, -0.25) is 9.59 Å². The van der Waals surface area contributed by atoms with Crippen molar-refractivity contribution < 1.29 is 14.0 Å². The fourth-order valence-corrected chi connectivity index (χ4v) is 5.15. The van der Waals surface area contributed by atoms with Crippen LogP contribution in [0.5, 0.6) is 0 Å². The summed E-state index contributed by atoms with van der Waals surface area (Å²) in [6.45, 7) is 3.08. The molecule has 2 aliphatic heterocycles. The zero-order chi connectivity index (χ0) is 22.5. The van der Waals surface area contributed by atoms with Gasteiger partial charge in [0.15, 0.2) is 0 Å². The Balaban J connectivity index is 0.00000241. The van der Waals surface area contributed by atoms with Crippen molar-refractivity contribution in [1.29, 1.82) is 0 Å². The second-order valence-electron chi connectivity index (χ2n) is 9.82. The second-order valence-corrected chi connectivity index (χ2v) is 9.82. The molecule has 6 rings (SSSR count). The van der Waals surface area contributed by atoms with Crippen molar-refractivity contribution in [3.05, 3.63) is 53.0 Å². The summed E-state index contributed by atoms with van der Waals surface area (Å²) in [4.78, 5) is 35.4. The molecule has 1 aromatic heterocycles. The zero-order valence-corrected chi connectivity index (χ0v) is 20.0. The number of hydrogen-bond acceptors (Lipinski definition) is 4. The Morgan fingerprint density at radius 3 is 2.32 bits per heavy atom. The van der Waals surface area contributed by atoms with E-state index in [1.165, 1.54) is 48.9 Å². The van der Waals surface area contributed by atoms with Gasteiger partial charge in [0.25, 0.3) is 5.91 Å². The van der Waals surface area contributed by atoms with Crippen molar-refractivity contribution in [3.63, 3.8) is 0 Å². The molecule has 2 aromatic rings. The highest BCUT2D eigenvalue weighted by molar-refractivity contribution is 5.98. The summed E-state index contributed by atoms with van der Waals surface area (Å²) in [5.41, 5.74) is 3.36. The highest BCUT2D eigenvalue weighted by atomic mass is 35.5. The highest BCUT2D eigenvalue weighted by Gasteiger charge is 2.33. The molecule has 3 heterocycles. The van der Waals surface area contributed by atoms with Crippen molar-refractivity contribution in [2.75, 3.05) is 42.5 Å². The smallest absolute Gasteiger partial charge is 0.256 e. The lowest BCUT2D eigenvalue weighted by Gasteiger charge is -2.36. The predicted molar refractivity (Wildman–Crippen MR) is 132 cm³/mol. The van der Waals surface area contributed by atoms with E-state index in [1.54, 1.807) is 15.9 Å². The maximum Gasteiger partial charge on any atom is 0.256 e. The first-order valence-electron chi connectivity index (χ1n) is 12.2. The van der Waals surface area contributed by atoms with Crippen molar-refractivity contribution in [2.45, 2.75) is 50.4 Å². The summed E-state index contributed by atoms with van der Waals surface area (Å²) in [5, 5.41) is 0. The van der Waals surface area contributed by atoms with E-state index in [4.69, 9.17) is 4.98 Å². The number of nitrogens with zero attached hydrogens (tertiary/aromatic N) is 4. The molecule has 2 aliphatic carbocycles. The number of carbonyl (C=O) groups excluding carboxylic acids is 2. The first kappa shape index (κ1) is 23.1. The molecular formula is C26H30ClFN4O2. The molecule has 4 aliphatic rings. The van der Waals surface area contributed by atoms with E-state index < -0.39 is 5.82 Å². The molecule has 2 saturated heterocycles. The zero-order valence-electron chi connectivity index (χ0n) is 19.2. The largest absolute Gasteiger partial charge is 0.353 e. The van der Waals surface area contributed by atoms with Gasteiger partial charge in [-0.25, -0.2) is 9.37 Å². The number of aromatic nitrogens is 1. The quantitative estimate of drug-likeness (QED) is 0.627. The monoisotopic (exact) mass is 484 g/mol. The van der Waals surface area contributed by atoms with Crippen molar-refractivity contribution in [2.24, 2.45) is 0 Å². The van der Waals surface area contributed by atoms with Crippen LogP contribution in [0.15, 0.2) is 30.5 Å². The minimum absolute atomic E-state index is 0. The molecule has 0 spiro atoms. The lowest BCUT2D eigenvalue weighted by atomic mass is 10.1. The number of halogens is 2. The van der Waals surface area contributed by atoms with Crippen molar-refractivity contribution in [1.82, 2.24) is 9.88 Å². The number of anilines is 2. The maximum absolute atomic E-state index is 14.8. The van der Waals surface area contributed by atoms with Crippen LogP contribution in [0, 0.1) is 5.82 Å². The Hall–Kier alpha value is -2.67. The highest BCUT2D eigenvalue weighted by Crippen LogP contribution is 2.47. The molecule has 2 amide bonds. The lowest BCUT2D eigenvalue weighted by molar-refractivity contribution is -0.117. The minimum atomic E-state index is -0.562. The number of hydrogen-bond donors (Lipinski definition) is 0. The van der Waals surface area contributed by atoms with Gasteiger partial charge in [0, 0.05) is 51.0 Å². The molecule has 0 radical (unpaired) electrons. The van der Waals surface area contributed by atoms with Crippen molar-refractivity contribution in [3.8, 4) is 0 Å². The number of carbonyl (C=O) groups is 2. The summed E-state index contributed by atoms with van der Waals surface area (Å²) in [7, 11) is 0. The Morgan fingerprint density at radius 2 is 1.71 bits per heavy atom. The van der Waals surface area contributed by atoms with Crippen LogP contribution < -0.4 is 9.80 Å². The van der Waals surface area contributed by atoms with Crippen LogP contribution in [0.2, 0.25) is 0 Å². The molecule has 0 N–H and O–H groups in total. The van der Waals surface area contributed by atoms with Crippen LogP contribution in [-0.2, 0) is 4.79 Å². The average Bonchev–Trinajstić information content (AvgIpc) is 3.76. The SMILES string of the molecule is Cl.O=C(c1ccc(N2CCCC2=O)cc1F)N1CCN(c2ncc(C3CC3)cc2C2CC2)CC1. The number of benzene rings is 1. The lowest BCUT2D eigenvalue weighted by Crippen LogP contribution is -2.49. The first-order valence-corrected chi connectivity index (χ1v) is 12.2. The first-order chi connectivity index (χ1) is 16.1. The topological polar surface area (TPSA) is 56.8 Å². The van der Waals surface area contributed by atoms with Gasteiger partial charge in [-0.15, -0.1) is 12.4 Å². The third-order valence-corrected chi connectivity index (χ3v) is 7.42. The van der Waals surface area contributed by atoms with E-state index in [9.17, 15) is 14.0 Å². The number of amides is 2. The Kier molecular flexibility index (Phi) is 6.23. The number of piperazine rings is 1. The van der Waals surface area contributed by atoms with Crippen molar-refractivity contribution >= 4 is 35.7 Å². The normalized spacial score (nSPS) is 20.5. The van der Waals surface area contributed by atoms with E-state index >= 15 is 0 Å². The summed E-state index contributed by atoms with van der Waals surface area (Å²) in [6, 6.07) is 6.90. The Bertz CT molecular complexity index is 1110. The van der Waals surface area contributed by atoms with Gasteiger partial charge in [-0.2, -0.15) is 0 Å². The number of rotatable bonds is 5. The van der Waals surface area contributed by atoms with Crippen LogP contribution in [-0.4, -0.2) is 54.4 Å². The Labute approximate surface area is 205 Å². The van der Waals surface area contributed by atoms with E-state index in [0.29, 0.717) is 56.7 Å². The van der Waals surface area contributed by atoms with Crippen LogP contribution in [0.25, 0.3) is 0 Å². The van der Waals surface area contributed by atoms with Gasteiger partial charge >= 0.3 is 0 Å². The second kappa shape index (κ2) is 9.17. The third-order valence-electron chi connectivity index (χ3n) is 7.42. The van der Waals surface area contributed by atoms with E-state index in [-0.39, 0.29) is 29.8 Å². The molecule has 34 heavy (non-hydrogen) atoms. The van der Waals surface area contributed by atoms with Gasteiger partial charge in [0.2, 0.25) is 5.91 Å². The molecule has 4 fully saturated rings. The van der Waals surface area contributed by atoms with Crippen LogP contribution in [0.1, 0.15) is 71.8 Å². The molecule has 180 valence electrons. The fourth-order valence-electron chi connectivity index (χ4n) is 5.15. The molecule has 8 heteroatoms. The fraction of sp³-hybridized carbons (Fsp3) is 0.500. The van der Waals surface area contributed by atoms with Crippen LogP contribution >= 0.6 is 12.4 Å². The molecule has 0 bridgehead atoms. The summed E-state index contributed by atoms with van der Waals surface area (Å²) >= 11 is 0. The van der Waals surface area contributed by atoms with Crippen LogP contribution in [0.3, 0.4) is 0 Å². The van der Waals surface area contributed by atoms with E-state index in [0.717, 1.165) is 12.2 Å². The van der Waals surface area contributed by atoms with Gasteiger partial charge < -0.3 is 14.7 Å². The average molecular weight is 485 g/mol. The summed E-state index contributed by atoms with van der Waals surface area (Å²) < 4.78 is 14.8. The standard InChI is InChI=1S/C26H29FN4O2.ClH/c27-23-15-20(31-9-1-2-24(31)32)7-8-21(23)26(33)30-12-10-29(11-13-30)25-22(18-5-6-18)14-19(16-28-25)17-3-4-17;/h7-8,14-18H,1-6,9-13H2;1H. The van der Waals surface area contributed by atoms with Gasteiger partial charge in [0.05, 0.1) is 5.56 Å². The van der Waals surface area contributed by atoms with Gasteiger partial charge in [-0.05, 0) is 73.3 Å². The van der Waals surface area contributed by atoms with E-state index in [2.05, 4.69) is 11.0 Å². The third kappa shape index (κ3) is 4.38. The van der Waals surface area contributed by atoms with Gasteiger partial charge in [0.1, 0.15) is 11.6 Å². The summed E-state index contributed by atoms with van der Waals surface area (Å²) in [5.74, 6) is 1.55. The van der Waals surface area contributed by atoms with E-state index in [1.807, 2.05) is 6.20 Å². The molecule has 2 saturated carbocycles. The Morgan fingerprint density at radius 1 is 0.971 bits per heavy atom. The maximum atomic E-state index is 14.8. The molecular weight excluding hydrogens is 455 g/mol. The minimum Gasteiger partial charge on any atom is -0.353 e. The van der Waals surface area contributed by atoms with Gasteiger partial charge in [-0.1, -0.05) is 6.07 Å². The molecule has 0 atom stereocenters. The van der Waals surface area contributed by atoms with Crippen LogP contribution in [0.4, 0.5) is 15.9 Å². The molecule has 6 nitrogen and oxygen atoms in total.